The van der Waals surface area contributed by atoms with E-state index in [0.717, 1.165) is 18.5 Å². The number of carboxylic acids is 3. The minimum absolute atomic E-state index is 0.0568. The van der Waals surface area contributed by atoms with Gasteiger partial charge in [-0.15, -0.1) is 5.10 Å². The molecule has 0 aliphatic heterocycles. The molecule has 0 amide bonds. The summed E-state index contributed by atoms with van der Waals surface area (Å²) in [4.78, 5) is 47.7. The summed E-state index contributed by atoms with van der Waals surface area (Å²) in [5, 5.41) is 40.1. The van der Waals surface area contributed by atoms with Gasteiger partial charge in [0.25, 0.3) is 11.9 Å². The van der Waals surface area contributed by atoms with Crippen molar-refractivity contribution in [3.63, 3.8) is 0 Å². The molecule has 16 nitrogen and oxygen atoms in total. The minimum Gasteiger partial charge on any atom is -0.490 e. The fraction of sp³-hybridized carbons (Fsp3) is 0.294. The van der Waals surface area contributed by atoms with Crippen molar-refractivity contribution in [3.8, 4) is 17.2 Å². The van der Waals surface area contributed by atoms with Gasteiger partial charge in [-0.3, -0.25) is 20.0 Å². The van der Waals surface area contributed by atoms with Gasteiger partial charge < -0.3 is 40.7 Å². The number of nitrogens with zero attached hydrogens (tertiary/aromatic N) is 3. The van der Waals surface area contributed by atoms with Crippen LogP contribution < -0.4 is 26.2 Å². The maximum absolute atomic E-state index is 13.1. The van der Waals surface area contributed by atoms with E-state index in [2.05, 4.69) is 15.4 Å². The number of benzene rings is 3. The molecule has 1 aromatic heterocycles. The number of aliphatic carboxylic acids is 2. The summed E-state index contributed by atoms with van der Waals surface area (Å²) in [7, 11) is 3.95. The number of likely N-dealkylation sites (N-methyl/N-ethyl adjacent to an activating group) is 1. The Labute approximate surface area is 288 Å². The Balaban J connectivity index is 0.000000978. The predicted molar refractivity (Wildman–Crippen MR) is 187 cm³/mol. The third-order valence-electron chi connectivity index (χ3n) is 6.33. The lowest BCUT2D eigenvalue weighted by Gasteiger charge is -2.23. The van der Waals surface area contributed by atoms with E-state index in [0.29, 0.717) is 41.5 Å². The number of hydrogen-bond acceptors (Lipinski definition) is 10. The summed E-state index contributed by atoms with van der Waals surface area (Å²) < 4.78 is 13.1. The third kappa shape index (κ3) is 12.5. The average molecular weight is 694 g/mol. The first kappa shape index (κ1) is 40.0. The van der Waals surface area contributed by atoms with Crippen molar-refractivity contribution in [2.45, 2.75) is 39.8 Å². The molecule has 0 aliphatic rings. The number of carboxylic acid groups (broad SMARTS) is 3. The van der Waals surface area contributed by atoms with Crippen LogP contribution in [0.25, 0.3) is 5.69 Å². The molecular formula is C34H43N7O9. The first-order valence-electron chi connectivity index (χ1n) is 15.2. The van der Waals surface area contributed by atoms with Crippen molar-refractivity contribution in [1.29, 1.82) is 5.41 Å². The molecule has 0 bridgehead atoms. The summed E-state index contributed by atoms with van der Waals surface area (Å²) in [6.45, 7) is 7.14. The number of rotatable bonds is 13. The van der Waals surface area contributed by atoms with Crippen LogP contribution in [0.1, 0.15) is 61.0 Å². The number of aromatic amines is 1. The van der Waals surface area contributed by atoms with Gasteiger partial charge in [-0.05, 0) is 82.0 Å². The second kappa shape index (κ2) is 19.0. The zero-order chi connectivity index (χ0) is 37.5. The van der Waals surface area contributed by atoms with Gasteiger partial charge in [-0.2, -0.15) is 4.68 Å². The highest BCUT2D eigenvalue weighted by atomic mass is 16.5. The van der Waals surface area contributed by atoms with Crippen LogP contribution in [0.15, 0.2) is 71.5 Å². The molecule has 0 fully saturated rings. The number of nitrogen functional groups attached to an aromatic ring is 1. The van der Waals surface area contributed by atoms with E-state index in [1.54, 1.807) is 36.4 Å². The predicted octanol–water partition coefficient (Wildman–Crippen LogP) is 3.65. The first-order chi connectivity index (χ1) is 23.5. The largest absolute Gasteiger partial charge is 0.490 e. The summed E-state index contributed by atoms with van der Waals surface area (Å²) in [5.74, 6) is -1.55. The number of para-hydroxylation sites is 1. The molecule has 0 saturated carbocycles. The maximum Gasteiger partial charge on any atom is 0.348 e. The van der Waals surface area contributed by atoms with E-state index in [-0.39, 0.29) is 29.0 Å². The fourth-order valence-corrected chi connectivity index (χ4v) is 4.53. The molecule has 3 aromatic carbocycles. The van der Waals surface area contributed by atoms with E-state index in [1.807, 2.05) is 51.0 Å². The van der Waals surface area contributed by atoms with E-state index in [4.69, 9.17) is 40.4 Å². The number of nitrogens with one attached hydrogen (secondary N) is 3. The number of aromatic carboxylic acids is 1. The third-order valence-corrected chi connectivity index (χ3v) is 6.33. The lowest BCUT2D eigenvalue weighted by molar-refractivity contribution is -0.135. The molecule has 4 aromatic rings. The highest BCUT2D eigenvalue weighted by molar-refractivity contribution is 5.95. The number of nitrogens with two attached hydrogens (primary N) is 1. The molecule has 2 atom stereocenters. The molecule has 2 unspecified atom stereocenters. The second-order valence-electron chi connectivity index (χ2n) is 11.0. The van der Waals surface area contributed by atoms with Crippen molar-refractivity contribution >= 4 is 29.4 Å². The van der Waals surface area contributed by atoms with Crippen LogP contribution in [0.2, 0.25) is 0 Å². The first-order valence-corrected chi connectivity index (χ1v) is 15.2. The monoisotopic (exact) mass is 693 g/mol. The molecular weight excluding hydrogens is 650 g/mol. The van der Waals surface area contributed by atoms with E-state index >= 15 is 0 Å². The summed E-state index contributed by atoms with van der Waals surface area (Å²) in [5.41, 5.74) is 7.03. The van der Waals surface area contributed by atoms with Crippen molar-refractivity contribution in [2.24, 2.45) is 5.73 Å². The number of amidine groups is 1. The van der Waals surface area contributed by atoms with Crippen LogP contribution in [0.4, 0.5) is 5.69 Å². The Morgan fingerprint density at radius 3 is 2.14 bits per heavy atom. The topological polar surface area (TPSA) is 246 Å². The van der Waals surface area contributed by atoms with Crippen LogP contribution in [-0.2, 0) is 9.59 Å². The highest BCUT2D eigenvalue weighted by Crippen LogP contribution is 2.34. The van der Waals surface area contributed by atoms with Crippen LogP contribution in [0.3, 0.4) is 0 Å². The molecule has 16 heteroatoms. The van der Waals surface area contributed by atoms with Gasteiger partial charge in [-0.1, -0.05) is 18.2 Å². The van der Waals surface area contributed by atoms with Crippen molar-refractivity contribution in [3.05, 3.63) is 99.7 Å². The van der Waals surface area contributed by atoms with E-state index in [9.17, 15) is 14.7 Å². The lowest BCUT2D eigenvalue weighted by atomic mass is 10.0. The summed E-state index contributed by atoms with van der Waals surface area (Å²) >= 11 is 0. The molecule has 8 N–H and O–H groups in total. The quantitative estimate of drug-likeness (QED) is 0.0782. The molecule has 50 heavy (non-hydrogen) atoms. The minimum atomic E-state index is -1.18. The summed E-state index contributed by atoms with van der Waals surface area (Å²) in [6.07, 6.45) is -0.0971. The molecule has 1 heterocycles. The Morgan fingerprint density at radius 1 is 1.00 bits per heavy atom. The molecule has 0 spiro atoms. The molecule has 4 rings (SSSR count). The molecule has 268 valence electrons. The Bertz CT molecular complexity index is 1800. The van der Waals surface area contributed by atoms with Gasteiger partial charge in [0, 0.05) is 31.6 Å². The van der Waals surface area contributed by atoms with Crippen molar-refractivity contribution in [2.75, 3.05) is 32.6 Å². The normalized spacial score (nSPS) is 11.5. The number of aromatic nitrogens is 3. The summed E-state index contributed by atoms with van der Waals surface area (Å²) in [6, 6.07) is 17.9. The van der Waals surface area contributed by atoms with Gasteiger partial charge in [0.2, 0.25) is 0 Å². The number of carbonyl (C=O) groups is 3. The number of anilines is 1. The van der Waals surface area contributed by atoms with Gasteiger partial charge in [-0.25, -0.2) is 9.59 Å². The van der Waals surface area contributed by atoms with Gasteiger partial charge in [0.15, 0.2) is 17.3 Å². The number of H-pyrrole nitrogens is 1. The van der Waals surface area contributed by atoms with Gasteiger partial charge >= 0.3 is 11.7 Å². The van der Waals surface area contributed by atoms with Gasteiger partial charge in [0.05, 0.1) is 17.9 Å². The van der Waals surface area contributed by atoms with E-state index < -0.39 is 29.6 Å². The van der Waals surface area contributed by atoms with E-state index in [1.165, 1.54) is 12.1 Å². The zero-order valence-electron chi connectivity index (χ0n) is 28.6. The van der Waals surface area contributed by atoms with Crippen LogP contribution in [0, 0.1) is 5.41 Å². The fourth-order valence-electron chi connectivity index (χ4n) is 4.53. The highest BCUT2D eigenvalue weighted by Gasteiger charge is 2.24. The number of hydrogen-bond donors (Lipinski definition) is 7. The average Bonchev–Trinajstić information content (AvgIpc) is 3.41. The maximum atomic E-state index is 13.1. The molecule has 0 radical (unpaired) electrons. The standard InChI is InChI=1S/C30H35N7O5.2C2H4O2/c1-5-41-25-16-20(12-15-24(25)42-18(2)17-36(3)4)26(33-21-13-10-19(11-14-21)27(31)32)28-34-30(40)37(35-28)23-9-7-6-8-22(23)29(38)39;2*1-2(3)4/h6-16,18,26,33H,5,17H2,1-4H3,(H3,31,32)(H,38,39)(H,34,35,40);2*1H3,(H,3,4). The Hall–Kier alpha value is -6.16. The van der Waals surface area contributed by atoms with Crippen LogP contribution in [-0.4, -0.2) is 92.1 Å². The van der Waals surface area contributed by atoms with Crippen LogP contribution >= 0.6 is 0 Å². The molecule has 0 aliphatic carbocycles. The van der Waals surface area contributed by atoms with Crippen LogP contribution in [0.5, 0.6) is 11.5 Å². The Morgan fingerprint density at radius 2 is 1.60 bits per heavy atom. The SMILES string of the molecule is CC(=O)O.CC(=O)O.CCOc1cc(C(Nc2ccc(C(=N)N)cc2)c2nn(-c3ccccc3C(=O)O)c(=O)[nH]2)ccc1OC(C)CN(C)C. The second-order valence-corrected chi connectivity index (χ2v) is 11.0. The number of ether oxygens (including phenoxy) is 2. The van der Waals surface area contributed by atoms with Gasteiger partial charge in [0.1, 0.15) is 18.0 Å². The smallest absolute Gasteiger partial charge is 0.348 e. The zero-order valence-corrected chi connectivity index (χ0v) is 28.6. The van der Waals surface area contributed by atoms with Crippen molar-refractivity contribution in [1.82, 2.24) is 19.7 Å². The van der Waals surface area contributed by atoms with Crippen molar-refractivity contribution < 1.29 is 39.2 Å². The molecule has 0 saturated heterocycles. The lowest BCUT2D eigenvalue weighted by Crippen LogP contribution is -2.28. The Kier molecular flexibility index (Phi) is 15.2.